The van der Waals surface area contributed by atoms with Crippen molar-refractivity contribution in [1.29, 1.82) is 0 Å². The number of aromatic nitrogens is 1. The van der Waals surface area contributed by atoms with E-state index in [4.69, 9.17) is 19.7 Å². The molecule has 0 unspecified atom stereocenters. The van der Waals surface area contributed by atoms with Crippen LogP contribution >= 0.6 is 0 Å². The van der Waals surface area contributed by atoms with Crippen LogP contribution in [0.5, 0.6) is 17.2 Å². The van der Waals surface area contributed by atoms with Gasteiger partial charge in [0.15, 0.2) is 11.5 Å². The molecule has 0 radical (unpaired) electrons. The molecule has 0 bridgehead atoms. The van der Waals surface area contributed by atoms with Crippen LogP contribution in [0, 0.1) is 0 Å². The maximum Gasteiger partial charge on any atom is 0.230 e. The number of methoxy groups -OCH3 is 2. The third kappa shape index (κ3) is 1.84. The Balaban J connectivity index is 2.63. The summed E-state index contributed by atoms with van der Waals surface area (Å²) in [6, 6.07) is 3.05. The summed E-state index contributed by atoms with van der Waals surface area (Å²) in [4.78, 5) is 0. The van der Waals surface area contributed by atoms with Crippen LogP contribution in [-0.4, -0.2) is 24.5 Å². The fraction of sp³-hybridized carbons (Fsp3) is 0.182. The summed E-state index contributed by atoms with van der Waals surface area (Å²) in [5.41, 5.74) is 6.86. The number of rotatable bonds is 3. The average Bonchev–Trinajstić information content (AvgIpc) is 2.75. The highest BCUT2D eigenvalue weighted by atomic mass is 16.5. The largest absolute Gasteiger partial charge is 0.504 e. The SMILES string of the molecule is COc1cc(-c2cnoc2N)c(OC)cc1O. The number of nitrogen functional groups attached to an aromatic ring is 1. The highest BCUT2D eigenvalue weighted by Gasteiger charge is 2.16. The number of phenolic OH excluding ortho intramolecular Hbond substituents is 1. The van der Waals surface area contributed by atoms with Crippen LogP contribution in [-0.2, 0) is 0 Å². The predicted octanol–water partition coefficient (Wildman–Crippen LogP) is 1.65. The van der Waals surface area contributed by atoms with Gasteiger partial charge in [-0.15, -0.1) is 0 Å². The second-order valence-electron chi connectivity index (χ2n) is 3.33. The normalized spacial score (nSPS) is 10.2. The van der Waals surface area contributed by atoms with Crippen LogP contribution in [0.4, 0.5) is 5.88 Å². The van der Waals surface area contributed by atoms with Crippen LogP contribution in [0.25, 0.3) is 11.1 Å². The lowest BCUT2D eigenvalue weighted by Crippen LogP contribution is -1.92. The molecule has 0 atom stereocenters. The third-order valence-corrected chi connectivity index (χ3v) is 2.39. The zero-order chi connectivity index (χ0) is 12.4. The van der Waals surface area contributed by atoms with Gasteiger partial charge in [-0.05, 0) is 6.07 Å². The van der Waals surface area contributed by atoms with Gasteiger partial charge in [0, 0.05) is 11.6 Å². The number of phenols is 1. The first-order chi connectivity index (χ1) is 8.17. The molecular formula is C11H12N2O4. The summed E-state index contributed by atoms with van der Waals surface area (Å²) < 4.78 is 15.0. The lowest BCUT2D eigenvalue weighted by Gasteiger charge is -2.10. The number of ether oxygens (including phenoxy) is 2. The predicted molar refractivity (Wildman–Crippen MR) is 61.1 cm³/mol. The van der Waals surface area contributed by atoms with Crippen molar-refractivity contribution < 1.29 is 19.1 Å². The zero-order valence-electron chi connectivity index (χ0n) is 9.43. The Morgan fingerprint density at radius 3 is 2.41 bits per heavy atom. The molecule has 0 aliphatic rings. The lowest BCUT2D eigenvalue weighted by atomic mass is 10.1. The van der Waals surface area contributed by atoms with Crippen molar-refractivity contribution in [3.63, 3.8) is 0 Å². The van der Waals surface area contributed by atoms with Crippen LogP contribution in [0.3, 0.4) is 0 Å². The van der Waals surface area contributed by atoms with Gasteiger partial charge in [0.25, 0.3) is 0 Å². The van der Waals surface area contributed by atoms with Gasteiger partial charge in [-0.25, -0.2) is 0 Å². The monoisotopic (exact) mass is 236 g/mol. The van der Waals surface area contributed by atoms with Crippen LogP contribution in [0.15, 0.2) is 22.9 Å². The van der Waals surface area contributed by atoms with Gasteiger partial charge in [-0.2, -0.15) is 0 Å². The highest BCUT2D eigenvalue weighted by Crippen LogP contribution is 2.41. The van der Waals surface area contributed by atoms with Gasteiger partial charge in [0.2, 0.25) is 5.88 Å². The molecule has 6 nitrogen and oxygen atoms in total. The van der Waals surface area contributed by atoms with Gasteiger partial charge in [0.1, 0.15) is 5.75 Å². The van der Waals surface area contributed by atoms with Crippen molar-refractivity contribution in [2.45, 2.75) is 0 Å². The third-order valence-electron chi connectivity index (χ3n) is 2.39. The molecule has 17 heavy (non-hydrogen) atoms. The van der Waals surface area contributed by atoms with E-state index in [1.54, 1.807) is 6.07 Å². The zero-order valence-corrected chi connectivity index (χ0v) is 9.43. The van der Waals surface area contributed by atoms with E-state index >= 15 is 0 Å². The second-order valence-corrected chi connectivity index (χ2v) is 3.33. The standard InChI is InChI=1S/C11H12N2O4/c1-15-9-4-8(14)10(16-2)3-6(9)7-5-13-17-11(7)12/h3-5,14H,12H2,1-2H3. The summed E-state index contributed by atoms with van der Waals surface area (Å²) >= 11 is 0. The maximum atomic E-state index is 9.64. The molecule has 0 fully saturated rings. The molecule has 2 rings (SSSR count). The van der Waals surface area contributed by atoms with E-state index in [2.05, 4.69) is 5.16 Å². The molecule has 0 spiro atoms. The van der Waals surface area contributed by atoms with E-state index in [-0.39, 0.29) is 11.6 Å². The van der Waals surface area contributed by atoms with Crippen molar-refractivity contribution in [2.24, 2.45) is 0 Å². The Morgan fingerprint density at radius 2 is 1.88 bits per heavy atom. The molecule has 6 heteroatoms. The first-order valence-electron chi connectivity index (χ1n) is 4.83. The maximum absolute atomic E-state index is 9.64. The number of hydrogen-bond acceptors (Lipinski definition) is 6. The van der Waals surface area contributed by atoms with Gasteiger partial charge in [0.05, 0.1) is 26.0 Å². The Bertz CT molecular complexity index is 536. The van der Waals surface area contributed by atoms with Crippen molar-refractivity contribution in [3.05, 3.63) is 18.3 Å². The average molecular weight is 236 g/mol. The number of nitrogens with zero attached hydrogens (tertiary/aromatic N) is 1. The molecule has 0 aliphatic carbocycles. The second kappa shape index (κ2) is 4.25. The number of anilines is 1. The first kappa shape index (κ1) is 11.1. The van der Waals surface area contributed by atoms with Gasteiger partial charge in [-0.1, -0.05) is 5.16 Å². The minimum absolute atomic E-state index is 0.0110. The number of aromatic hydroxyl groups is 1. The Hall–Kier alpha value is -2.37. The fourth-order valence-electron chi connectivity index (χ4n) is 1.54. The Morgan fingerprint density at radius 1 is 1.18 bits per heavy atom. The Kier molecular flexibility index (Phi) is 2.78. The molecule has 0 saturated carbocycles. The molecule has 0 saturated heterocycles. The molecule has 90 valence electrons. The summed E-state index contributed by atoms with van der Waals surface area (Å²) in [6.07, 6.45) is 1.48. The van der Waals surface area contributed by atoms with E-state index in [1.165, 1.54) is 26.5 Å². The minimum Gasteiger partial charge on any atom is -0.504 e. The van der Waals surface area contributed by atoms with Crippen molar-refractivity contribution in [2.75, 3.05) is 20.0 Å². The Labute approximate surface area is 97.5 Å². The lowest BCUT2D eigenvalue weighted by molar-refractivity contribution is 0.366. The fourth-order valence-corrected chi connectivity index (χ4v) is 1.54. The van der Waals surface area contributed by atoms with Crippen LogP contribution in [0.2, 0.25) is 0 Å². The van der Waals surface area contributed by atoms with E-state index in [0.29, 0.717) is 22.6 Å². The van der Waals surface area contributed by atoms with Crippen molar-refractivity contribution in [3.8, 4) is 28.4 Å². The van der Waals surface area contributed by atoms with Crippen LogP contribution < -0.4 is 15.2 Å². The van der Waals surface area contributed by atoms with Crippen LogP contribution in [0.1, 0.15) is 0 Å². The van der Waals surface area contributed by atoms with Gasteiger partial charge in [-0.3, -0.25) is 0 Å². The molecular weight excluding hydrogens is 224 g/mol. The molecule has 1 heterocycles. The molecule has 1 aromatic heterocycles. The number of hydrogen-bond donors (Lipinski definition) is 2. The molecule has 0 aliphatic heterocycles. The van der Waals surface area contributed by atoms with Gasteiger partial charge < -0.3 is 24.8 Å². The highest BCUT2D eigenvalue weighted by molar-refractivity contribution is 5.79. The van der Waals surface area contributed by atoms with E-state index in [9.17, 15) is 5.11 Å². The smallest absolute Gasteiger partial charge is 0.230 e. The summed E-state index contributed by atoms with van der Waals surface area (Å²) in [5.74, 6) is 0.943. The summed E-state index contributed by atoms with van der Waals surface area (Å²) in [7, 11) is 2.96. The minimum atomic E-state index is -0.0110. The van der Waals surface area contributed by atoms with E-state index in [0.717, 1.165) is 0 Å². The number of benzene rings is 1. The molecule has 1 aromatic carbocycles. The van der Waals surface area contributed by atoms with E-state index < -0.39 is 0 Å². The molecule has 3 N–H and O–H groups in total. The molecule has 2 aromatic rings. The number of nitrogens with two attached hydrogens (primary N) is 1. The quantitative estimate of drug-likeness (QED) is 0.841. The van der Waals surface area contributed by atoms with Crippen molar-refractivity contribution >= 4 is 5.88 Å². The topological polar surface area (TPSA) is 90.7 Å². The molecule has 0 amide bonds. The van der Waals surface area contributed by atoms with E-state index in [1.807, 2.05) is 0 Å². The summed E-state index contributed by atoms with van der Waals surface area (Å²) in [6.45, 7) is 0. The summed E-state index contributed by atoms with van der Waals surface area (Å²) in [5, 5.41) is 13.2. The first-order valence-corrected chi connectivity index (χ1v) is 4.83. The van der Waals surface area contributed by atoms with Crippen molar-refractivity contribution in [1.82, 2.24) is 5.16 Å². The van der Waals surface area contributed by atoms with Gasteiger partial charge >= 0.3 is 0 Å².